The highest BCUT2D eigenvalue weighted by Crippen LogP contribution is 2.27. The van der Waals surface area contributed by atoms with Crippen molar-refractivity contribution in [2.24, 2.45) is 0 Å². The predicted molar refractivity (Wildman–Crippen MR) is 49.6 cm³/mol. The van der Waals surface area contributed by atoms with Gasteiger partial charge in [-0.15, -0.1) is 0 Å². The van der Waals surface area contributed by atoms with Crippen molar-refractivity contribution in [2.45, 2.75) is 5.44 Å². The van der Waals surface area contributed by atoms with Gasteiger partial charge in [0.15, 0.2) is 0 Å². The quantitative estimate of drug-likeness (QED) is 0.445. The second-order valence-corrected chi connectivity index (χ2v) is 4.16. The van der Waals surface area contributed by atoms with Gasteiger partial charge in [-0.25, -0.2) is 0 Å². The lowest BCUT2D eigenvalue weighted by atomic mass is 10.2. The van der Waals surface area contributed by atoms with Crippen LogP contribution < -0.4 is 0 Å². The molecule has 0 radical (unpaired) electrons. The van der Waals surface area contributed by atoms with Crippen molar-refractivity contribution in [3.8, 4) is 0 Å². The van der Waals surface area contributed by atoms with Crippen molar-refractivity contribution in [3.63, 3.8) is 0 Å². The largest absolute Gasteiger partial charge is 0.371 e. The number of nitro benzene ring substituents is 1. The summed E-state index contributed by atoms with van der Waals surface area (Å²) in [7, 11) is -4.76. The van der Waals surface area contributed by atoms with E-state index in [2.05, 4.69) is 0 Å². The molecule has 8 heteroatoms. The van der Waals surface area contributed by atoms with Crippen LogP contribution in [0.5, 0.6) is 0 Å². The van der Waals surface area contributed by atoms with Crippen LogP contribution in [0.4, 0.5) is 5.69 Å². The minimum absolute atomic E-state index is 0.468. The number of aliphatic hydroxyl groups is 1. The summed E-state index contributed by atoms with van der Waals surface area (Å²) >= 11 is 0. The van der Waals surface area contributed by atoms with Crippen molar-refractivity contribution >= 4 is 15.8 Å². The second kappa shape index (κ2) is 3.93. The van der Waals surface area contributed by atoms with Crippen molar-refractivity contribution in [1.82, 2.24) is 0 Å². The molecule has 82 valence electrons. The van der Waals surface area contributed by atoms with Crippen LogP contribution in [0.1, 0.15) is 11.0 Å². The fourth-order valence-corrected chi connectivity index (χ4v) is 1.54. The summed E-state index contributed by atoms with van der Waals surface area (Å²) in [6.45, 7) is 0. The van der Waals surface area contributed by atoms with Crippen molar-refractivity contribution in [1.29, 1.82) is 0 Å². The number of rotatable bonds is 3. The Hall–Kier alpha value is -1.51. The van der Waals surface area contributed by atoms with Crippen LogP contribution in [0.15, 0.2) is 24.3 Å². The van der Waals surface area contributed by atoms with Gasteiger partial charge < -0.3 is 5.11 Å². The monoisotopic (exact) mass is 233 g/mol. The second-order valence-electron chi connectivity index (χ2n) is 2.68. The molecule has 0 saturated heterocycles. The molecule has 0 bridgehead atoms. The van der Waals surface area contributed by atoms with E-state index in [0.717, 1.165) is 12.1 Å². The van der Waals surface area contributed by atoms with E-state index in [9.17, 15) is 18.5 Å². The Morgan fingerprint density at radius 3 is 2.33 bits per heavy atom. The third-order valence-corrected chi connectivity index (χ3v) is 2.50. The Balaban J connectivity index is 3.32. The number of nitrogens with zero attached hydrogens (tertiary/aromatic N) is 1. The van der Waals surface area contributed by atoms with Gasteiger partial charge in [-0.2, -0.15) is 8.42 Å². The van der Waals surface area contributed by atoms with Crippen molar-refractivity contribution < 1.29 is 23.0 Å². The molecule has 7 nitrogen and oxygen atoms in total. The summed E-state index contributed by atoms with van der Waals surface area (Å²) in [5.41, 5.74) is -3.34. The first-order valence-electron chi connectivity index (χ1n) is 3.71. The van der Waals surface area contributed by atoms with E-state index in [0.29, 0.717) is 0 Å². The maximum absolute atomic E-state index is 10.6. The lowest BCUT2D eigenvalue weighted by Crippen LogP contribution is -2.12. The first-order valence-corrected chi connectivity index (χ1v) is 5.22. The van der Waals surface area contributed by atoms with Crippen LogP contribution in [-0.4, -0.2) is 23.0 Å². The molecule has 1 aromatic rings. The smallest absolute Gasteiger partial charge is 0.296 e. The van der Waals surface area contributed by atoms with Crippen LogP contribution in [0, 0.1) is 10.1 Å². The minimum atomic E-state index is -4.76. The number of benzene rings is 1. The molecule has 1 aromatic carbocycles. The third kappa shape index (κ3) is 2.49. The third-order valence-electron chi connectivity index (χ3n) is 1.68. The molecule has 0 heterocycles. The molecule has 0 saturated carbocycles. The highest BCUT2D eigenvalue weighted by atomic mass is 32.2. The Labute approximate surface area is 84.9 Å². The Morgan fingerprint density at radius 1 is 1.33 bits per heavy atom. The fourth-order valence-electron chi connectivity index (χ4n) is 1.02. The molecule has 0 aliphatic carbocycles. The molecular formula is C7H7NO6S. The van der Waals surface area contributed by atoms with Crippen LogP contribution >= 0.6 is 0 Å². The summed E-state index contributed by atoms with van der Waals surface area (Å²) in [5.74, 6) is 0. The first-order chi connectivity index (χ1) is 6.84. The summed E-state index contributed by atoms with van der Waals surface area (Å²) in [6.07, 6.45) is 0. The zero-order valence-corrected chi connectivity index (χ0v) is 8.09. The Kier molecular flexibility index (Phi) is 3.03. The maximum Gasteiger partial charge on any atom is 0.296 e. The van der Waals surface area contributed by atoms with Gasteiger partial charge in [-0.1, -0.05) is 12.1 Å². The van der Waals surface area contributed by atoms with Gasteiger partial charge in [0.25, 0.3) is 15.8 Å². The van der Waals surface area contributed by atoms with Crippen molar-refractivity contribution in [3.05, 3.63) is 39.9 Å². The van der Waals surface area contributed by atoms with Gasteiger partial charge in [0.05, 0.1) is 10.5 Å². The topological polar surface area (TPSA) is 118 Å². The fraction of sp³-hybridized carbons (Fsp3) is 0.143. The van der Waals surface area contributed by atoms with E-state index in [4.69, 9.17) is 9.66 Å². The normalized spacial score (nSPS) is 13.5. The molecule has 2 N–H and O–H groups in total. The minimum Gasteiger partial charge on any atom is -0.371 e. The lowest BCUT2D eigenvalue weighted by Gasteiger charge is -2.07. The van der Waals surface area contributed by atoms with Gasteiger partial charge in [0, 0.05) is 6.07 Å². The summed E-state index contributed by atoms with van der Waals surface area (Å²) in [4.78, 5) is 9.63. The summed E-state index contributed by atoms with van der Waals surface area (Å²) in [6, 6.07) is 4.72. The Morgan fingerprint density at radius 2 is 1.87 bits per heavy atom. The average Bonchev–Trinajstić information content (AvgIpc) is 2.15. The highest BCUT2D eigenvalue weighted by Gasteiger charge is 2.28. The van der Waals surface area contributed by atoms with Crippen LogP contribution in [-0.2, 0) is 10.1 Å². The number of nitro groups is 1. The zero-order chi connectivity index (χ0) is 11.6. The van der Waals surface area contributed by atoms with Crippen LogP contribution in [0.2, 0.25) is 0 Å². The number of hydrogen-bond donors (Lipinski definition) is 2. The van der Waals surface area contributed by atoms with E-state index in [1.165, 1.54) is 12.1 Å². The van der Waals surface area contributed by atoms with E-state index >= 15 is 0 Å². The summed E-state index contributed by atoms with van der Waals surface area (Å²) < 4.78 is 29.7. The molecule has 0 spiro atoms. The Bertz CT molecular complexity index is 482. The molecular weight excluding hydrogens is 226 g/mol. The van der Waals surface area contributed by atoms with Crippen LogP contribution in [0.3, 0.4) is 0 Å². The van der Waals surface area contributed by atoms with Gasteiger partial charge >= 0.3 is 0 Å². The van der Waals surface area contributed by atoms with E-state index in [1.54, 1.807) is 0 Å². The molecule has 0 fully saturated rings. The molecule has 0 aliphatic rings. The molecule has 0 amide bonds. The summed E-state index contributed by atoms with van der Waals surface area (Å²) in [5, 5.41) is 19.6. The zero-order valence-electron chi connectivity index (χ0n) is 7.27. The SMILES string of the molecule is O=[N+]([O-])c1ccccc1C(O)S(=O)(=O)O. The average molecular weight is 233 g/mol. The molecule has 1 unspecified atom stereocenters. The van der Waals surface area contributed by atoms with Crippen molar-refractivity contribution in [2.75, 3.05) is 0 Å². The highest BCUT2D eigenvalue weighted by molar-refractivity contribution is 7.85. The number of hydrogen-bond acceptors (Lipinski definition) is 5. The standard InChI is InChI=1S/C7H7NO6S/c9-7(15(12,13)14)5-3-1-2-4-6(5)8(10)11/h1-4,7,9H,(H,12,13,14). The predicted octanol–water partition coefficient (Wildman–Crippen LogP) is 0.474. The first kappa shape index (κ1) is 11.6. The lowest BCUT2D eigenvalue weighted by molar-refractivity contribution is -0.385. The maximum atomic E-state index is 10.6. The van der Waals surface area contributed by atoms with Gasteiger partial charge in [-0.3, -0.25) is 14.7 Å². The molecule has 15 heavy (non-hydrogen) atoms. The van der Waals surface area contributed by atoms with E-state index in [-0.39, 0.29) is 0 Å². The van der Waals surface area contributed by atoms with Gasteiger partial charge in [0.2, 0.25) is 5.44 Å². The van der Waals surface area contributed by atoms with Gasteiger partial charge in [0.1, 0.15) is 0 Å². The van der Waals surface area contributed by atoms with Gasteiger partial charge in [-0.05, 0) is 6.07 Å². The van der Waals surface area contributed by atoms with E-state index < -0.39 is 31.7 Å². The molecule has 0 aromatic heterocycles. The molecule has 1 rings (SSSR count). The van der Waals surface area contributed by atoms with Crippen LogP contribution in [0.25, 0.3) is 0 Å². The van der Waals surface area contributed by atoms with E-state index in [1.807, 2.05) is 0 Å². The molecule has 1 atom stereocenters. The number of para-hydroxylation sites is 1. The number of aliphatic hydroxyl groups excluding tert-OH is 1. The molecule has 0 aliphatic heterocycles.